The van der Waals surface area contributed by atoms with Crippen molar-refractivity contribution in [3.63, 3.8) is 0 Å². The summed E-state index contributed by atoms with van der Waals surface area (Å²) in [5.41, 5.74) is 1.67. The molecule has 7 heteroatoms. The minimum atomic E-state index is -0.942. The van der Waals surface area contributed by atoms with Crippen molar-refractivity contribution < 1.29 is 19.4 Å². The van der Waals surface area contributed by atoms with Crippen molar-refractivity contribution in [2.75, 3.05) is 12.4 Å². The number of nitrogens with one attached hydrogen (secondary N) is 1. The Morgan fingerprint density at radius 2 is 1.88 bits per heavy atom. The van der Waals surface area contributed by atoms with Gasteiger partial charge in [0.2, 0.25) is 5.91 Å². The van der Waals surface area contributed by atoms with Gasteiger partial charge in [0.05, 0.1) is 24.6 Å². The molecule has 0 spiro atoms. The van der Waals surface area contributed by atoms with Crippen LogP contribution in [0.4, 0.5) is 5.13 Å². The molecule has 0 fully saturated rings. The fourth-order valence-electron chi connectivity index (χ4n) is 2.80. The molecule has 1 aromatic carbocycles. The molecular formula is C18H18N2O4S. The Kier molecular flexibility index (Phi) is 5.14. The first-order chi connectivity index (χ1) is 12.1. The molecule has 1 aromatic heterocycles. The van der Waals surface area contributed by atoms with Crippen LogP contribution in [-0.4, -0.2) is 29.1 Å². The molecule has 25 heavy (non-hydrogen) atoms. The van der Waals surface area contributed by atoms with Crippen LogP contribution in [-0.2, 0) is 9.59 Å². The van der Waals surface area contributed by atoms with Crippen LogP contribution in [0.1, 0.15) is 12.8 Å². The maximum Gasteiger partial charge on any atom is 0.307 e. The van der Waals surface area contributed by atoms with E-state index >= 15 is 0 Å². The van der Waals surface area contributed by atoms with Crippen LogP contribution in [0, 0.1) is 11.8 Å². The highest BCUT2D eigenvalue weighted by Crippen LogP contribution is 2.30. The summed E-state index contributed by atoms with van der Waals surface area (Å²) in [7, 11) is 1.61. The minimum absolute atomic E-state index is 0.299. The van der Waals surface area contributed by atoms with Crippen LogP contribution in [0.2, 0.25) is 0 Å². The average Bonchev–Trinajstić information content (AvgIpc) is 3.10. The van der Waals surface area contributed by atoms with Crippen LogP contribution in [0.3, 0.4) is 0 Å². The summed E-state index contributed by atoms with van der Waals surface area (Å²) in [6.45, 7) is 0. The van der Waals surface area contributed by atoms with Gasteiger partial charge in [0, 0.05) is 10.9 Å². The number of allylic oxidation sites excluding steroid dienone is 2. The summed E-state index contributed by atoms with van der Waals surface area (Å²) in [6.07, 6.45) is 4.48. The number of amides is 1. The Morgan fingerprint density at radius 3 is 2.52 bits per heavy atom. The van der Waals surface area contributed by atoms with E-state index in [1.807, 2.05) is 41.8 Å². The van der Waals surface area contributed by atoms with Gasteiger partial charge in [0.25, 0.3) is 0 Å². The molecule has 2 atom stereocenters. The second kappa shape index (κ2) is 7.48. The summed E-state index contributed by atoms with van der Waals surface area (Å²) in [6, 6.07) is 7.48. The number of aromatic nitrogens is 1. The number of methoxy groups -OCH3 is 1. The molecule has 2 aromatic rings. The Labute approximate surface area is 149 Å². The van der Waals surface area contributed by atoms with Gasteiger partial charge in [-0.2, -0.15) is 0 Å². The molecule has 0 bridgehead atoms. The highest BCUT2D eigenvalue weighted by molar-refractivity contribution is 7.14. The Morgan fingerprint density at radius 1 is 1.20 bits per heavy atom. The zero-order chi connectivity index (χ0) is 17.8. The smallest absolute Gasteiger partial charge is 0.307 e. The molecule has 0 aliphatic heterocycles. The van der Waals surface area contributed by atoms with Crippen LogP contribution < -0.4 is 10.1 Å². The van der Waals surface area contributed by atoms with E-state index in [1.54, 1.807) is 7.11 Å². The fraction of sp³-hybridized carbons (Fsp3) is 0.278. The van der Waals surface area contributed by atoms with Gasteiger partial charge >= 0.3 is 5.97 Å². The van der Waals surface area contributed by atoms with Crippen LogP contribution >= 0.6 is 11.3 Å². The lowest BCUT2D eigenvalue weighted by atomic mass is 9.82. The molecular weight excluding hydrogens is 340 g/mol. The number of carboxylic acids is 1. The second-order valence-corrected chi connectivity index (χ2v) is 6.61. The van der Waals surface area contributed by atoms with Gasteiger partial charge in [-0.25, -0.2) is 4.98 Å². The van der Waals surface area contributed by atoms with E-state index in [0.29, 0.717) is 18.0 Å². The van der Waals surface area contributed by atoms with Gasteiger partial charge in [0.1, 0.15) is 5.75 Å². The van der Waals surface area contributed by atoms with Gasteiger partial charge in [-0.05, 0) is 37.1 Å². The molecule has 6 nitrogen and oxygen atoms in total. The average molecular weight is 358 g/mol. The zero-order valence-corrected chi connectivity index (χ0v) is 14.5. The molecule has 1 amide bonds. The first-order valence-corrected chi connectivity index (χ1v) is 8.75. The third kappa shape index (κ3) is 3.88. The van der Waals surface area contributed by atoms with E-state index in [4.69, 9.17) is 4.74 Å². The Hall–Kier alpha value is -2.67. The van der Waals surface area contributed by atoms with Crippen molar-refractivity contribution in [1.82, 2.24) is 4.98 Å². The van der Waals surface area contributed by atoms with Crippen molar-refractivity contribution in [3.8, 4) is 17.0 Å². The first-order valence-electron chi connectivity index (χ1n) is 7.87. The maximum atomic E-state index is 12.5. The number of anilines is 1. The van der Waals surface area contributed by atoms with Crippen LogP contribution in [0.15, 0.2) is 41.8 Å². The van der Waals surface area contributed by atoms with Gasteiger partial charge in [-0.3, -0.25) is 9.59 Å². The predicted octanol–water partition coefficient (Wildman–Crippen LogP) is 3.42. The number of ether oxygens (including phenoxy) is 1. The van der Waals surface area contributed by atoms with E-state index in [0.717, 1.165) is 17.0 Å². The number of carboxylic acid groups (broad SMARTS) is 1. The number of carbonyl (C=O) groups excluding carboxylic acids is 1. The predicted molar refractivity (Wildman–Crippen MR) is 95.7 cm³/mol. The maximum absolute atomic E-state index is 12.5. The van der Waals surface area contributed by atoms with Crippen molar-refractivity contribution in [2.45, 2.75) is 12.8 Å². The molecule has 0 radical (unpaired) electrons. The van der Waals surface area contributed by atoms with E-state index in [2.05, 4.69) is 10.3 Å². The Balaban J connectivity index is 1.71. The number of nitrogens with zero attached hydrogens (tertiary/aromatic N) is 1. The molecule has 0 unspecified atom stereocenters. The van der Waals surface area contributed by atoms with Gasteiger partial charge in [-0.15, -0.1) is 11.3 Å². The van der Waals surface area contributed by atoms with E-state index < -0.39 is 17.8 Å². The monoisotopic (exact) mass is 358 g/mol. The number of thiazole rings is 1. The molecule has 1 aliphatic rings. The largest absolute Gasteiger partial charge is 0.497 e. The van der Waals surface area contributed by atoms with Crippen molar-refractivity contribution in [1.29, 1.82) is 0 Å². The molecule has 1 aliphatic carbocycles. The number of benzene rings is 1. The topological polar surface area (TPSA) is 88.5 Å². The minimum Gasteiger partial charge on any atom is -0.497 e. The summed E-state index contributed by atoms with van der Waals surface area (Å²) < 4.78 is 5.13. The molecule has 0 saturated heterocycles. The van der Waals surface area contributed by atoms with Gasteiger partial charge in [-0.1, -0.05) is 12.2 Å². The lowest BCUT2D eigenvalue weighted by Gasteiger charge is -2.23. The van der Waals surface area contributed by atoms with Gasteiger partial charge < -0.3 is 15.2 Å². The molecule has 3 rings (SSSR count). The van der Waals surface area contributed by atoms with E-state index in [9.17, 15) is 14.7 Å². The fourth-order valence-corrected chi connectivity index (χ4v) is 3.52. The molecule has 130 valence electrons. The lowest BCUT2D eigenvalue weighted by Crippen LogP contribution is -2.34. The third-order valence-corrected chi connectivity index (χ3v) is 4.96. The van der Waals surface area contributed by atoms with Crippen molar-refractivity contribution in [2.24, 2.45) is 11.8 Å². The third-order valence-electron chi connectivity index (χ3n) is 4.21. The summed E-state index contributed by atoms with van der Waals surface area (Å²) in [4.78, 5) is 28.2. The first kappa shape index (κ1) is 17.2. The number of hydrogen-bond donors (Lipinski definition) is 2. The lowest BCUT2D eigenvalue weighted by molar-refractivity contribution is -0.146. The van der Waals surface area contributed by atoms with Crippen molar-refractivity contribution in [3.05, 3.63) is 41.8 Å². The summed E-state index contributed by atoms with van der Waals surface area (Å²) in [5, 5.41) is 14.4. The quantitative estimate of drug-likeness (QED) is 0.800. The number of aliphatic carboxylic acids is 1. The van der Waals surface area contributed by atoms with Crippen LogP contribution in [0.25, 0.3) is 11.3 Å². The van der Waals surface area contributed by atoms with E-state index in [-0.39, 0.29) is 5.91 Å². The van der Waals surface area contributed by atoms with Crippen molar-refractivity contribution >= 4 is 28.3 Å². The van der Waals surface area contributed by atoms with Gasteiger partial charge in [0.15, 0.2) is 5.13 Å². The normalized spacial score (nSPS) is 19.4. The van der Waals surface area contributed by atoms with Crippen LogP contribution in [0.5, 0.6) is 5.75 Å². The molecule has 1 heterocycles. The highest BCUT2D eigenvalue weighted by Gasteiger charge is 2.34. The summed E-state index contributed by atoms with van der Waals surface area (Å²) >= 11 is 1.32. The summed E-state index contributed by atoms with van der Waals surface area (Å²) in [5.74, 6) is -1.74. The highest BCUT2D eigenvalue weighted by atomic mass is 32.1. The number of carbonyl (C=O) groups is 2. The molecule has 2 N–H and O–H groups in total. The Bertz CT molecular complexity index is 798. The SMILES string of the molecule is COc1ccc(-c2csc(NC(=O)[C@@H]3CC=CC[C@H]3C(=O)O)n2)cc1. The number of rotatable bonds is 5. The second-order valence-electron chi connectivity index (χ2n) is 5.75. The standard InChI is InChI=1S/C18H18N2O4S/c1-24-12-8-6-11(7-9-12)15-10-25-18(19-15)20-16(21)13-4-2-3-5-14(13)17(22)23/h2-3,6-10,13-14H,4-5H2,1H3,(H,22,23)(H,19,20,21)/t13-,14-/m1/s1. The zero-order valence-electron chi connectivity index (χ0n) is 13.6. The van der Waals surface area contributed by atoms with E-state index in [1.165, 1.54) is 11.3 Å². The molecule has 0 saturated carbocycles. The number of hydrogen-bond acceptors (Lipinski definition) is 5.